The molecule has 0 fully saturated rings. The zero-order valence-electron chi connectivity index (χ0n) is 11.8. The first kappa shape index (κ1) is 13.3. The van der Waals surface area contributed by atoms with Gasteiger partial charge in [-0.05, 0) is 53.6 Å². The van der Waals surface area contributed by atoms with Crippen molar-refractivity contribution in [1.29, 1.82) is 0 Å². The lowest BCUT2D eigenvalue weighted by Crippen LogP contribution is -1.89. The number of carbonyl (C=O) groups excluding carboxylic acids is 1. The highest BCUT2D eigenvalue weighted by Gasteiger charge is 1.98. The van der Waals surface area contributed by atoms with Crippen molar-refractivity contribution >= 4 is 28.5 Å². The van der Waals surface area contributed by atoms with Gasteiger partial charge in [0, 0.05) is 11.8 Å². The molecule has 0 atom stereocenters. The number of Topliss-reactive ketones (excluding diaryl/α,β-unsaturated/α-hetero) is 1. The summed E-state index contributed by atoms with van der Waals surface area (Å²) in [5, 5.41) is 2.42. The summed E-state index contributed by atoms with van der Waals surface area (Å²) in [6.07, 6.45) is 1.84. The summed E-state index contributed by atoms with van der Waals surface area (Å²) < 4.78 is 0. The Morgan fingerprint density at radius 3 is 2.33 bits per heavy atom. The van der Waals surface area contributed by atoms with Gasteiger partial charge >= 0.3 is 0 Å². The van der Waals surface area contributed by atoms with Gasteiger partial charge in [0.15, 0.2) is 5.78 Å². The lowest BCUT2D eigenvalue weighted by Gasteiger charge is -1.99. The highest BCUT2D eigenvalue weighted by molar-refractivity contribution is 5.94. The minimum absolute atomic E-state index is 0.0695. The molecule has 3 aromatic carbocycles. The summed E-state index contributed by atoms with van der Waals surface area (Å²) in [5.41, 5.74) is 2.61. The van der Waals surface area contributed by atoms with E-state index in [1.165, 1.54) is 10.8 Å². The number of rotatable bonds is 3. The molecular formula is C19H15NO. The van der Waals surface area contributed by atoms with Gasteiger partial charge in [-0.25, -0.2) is 0 Å². The molecule has 0 aromatic heterocycles. The highest BCUT2D eigenvalue weighted by atomic mass is 16.1. The number of aliphatic imine (C=N–C) groups is 1. The molecule has 21 heavy (non-hydrogen) atoms. The minimum atomic E-state index is 0.0695. The fraction of sp³-hybridized carbons (Fsp3) is 0.0526. The van der Waals surface area contributed by atoms with Gasteiger partial charge in [0.05, 0.1) is 5.69 Å². The Balaban J connectivity index is 1.85. The normalized spacial score (nSPS) is 11.1. The Morgan fingerprint density at radius 1 is 0.905 bits per heavy atom. The highest BCUT2D eigenvalue weighted by Crippen LogP contribution is 2.16. The van der Waals surface area contributed by atoms with E-state index in [9.17, 15) is 4.79 Å². The smallest absolute Gasteiger partial charge is 0.159 e. The second-order valence-corrected chi connectivity index (χ2v) is 4.97. The topological polar surface area (TPSA) is 29.4 Å². The van der Waals surface area contributed by atoms with E-state index in [0.717, 1.165) is 11.3 Å². The standard InChI is InChI=1S/C19H15NO/c1-14(21)16-8-10-19(11-9-16)20-13-15-6-7-17-4-2-3-5-18(17)12-15/h2-13H,1H3. The van der Waals surface area contributed by atoms with Crippen molar-refractivity contribution in [3.8, 4) is 0 Å². The molecule has 0 spiro atoms. The van der Waals surface area contributed by atoms with Crippen LogP contribution in [0.2, 0.25) is 0 Å². The van der Waals surface area contributed by atoms with Gasteiger partial charge in [-0.3, -0.25) is 9.79 Å². The number of fused-ring (bicyclic) bond motifs is 1. The van der Waals surface area contributed by atoms with Crippen LogP contribution in [0.5, 0.6) is 0 Å². The van der Waals surface area contributed by atoms with E-state index in [0.29, 0.717) is 5.56 Å². The van der Waals surface area contributed by atoms with Gasteiger partial charge in [-0.1, -0.05) is 36.4 Å². The Bertz CT molecular complexity index is 816. The monoisotopic (exact) mass is 273 g/mol. The Hall–Kier alpha value is -2.74. The Labute approximate surface area is 123 Å². The SMILES string of the molecule is CC(=O)c1ccc(N=Cc2ccc3ccccc3c2)cc1. The van der Waals surface area contributed by atoms with Crippen molar-refractivity contribution in [2.75, 3.05) is 0 Å². The van der Waals surface area contributed by atoms with Crippen LogP contribution in [0.25, 0.3) is 10.8 Å². The molecule has 0 aliphatic heterocycles. The molecule has 2 nitrogen and oxygen atoms in total. The van der Waals surface area contributed by atoms with Crippen molar-refractivity contribution in [3.63, 3.8) is 0 Å². The third-order valence-corrected chi connectivity index (χ3v) is 3.41. The Morgan fingerprint density at radius 2 is 1.62 bits per heavy atom. The summed E-state index contributed by atoms with van der Waals surface area (Å²) in [6, 6.07) is 21.8. The predicted octanol–water partition coefficient (Wildman–Crippen LogP) is 4.79. The first-order valence-electron chi connectivity index (χ1n) is 6.86. The van der Waals surface area contributed by atoms with E-state index in [1.54, 1.807) is 19.1 Å². The van der Waals surface area contributed by atoms with Crippen LogP contribution in [0, 0.1) is 0 Å². The predicted molar refractivity (Wildman–Crippen MR) is 87.6 cm³/mol. The molecular weight excluding hydrogens is 258 g/mol. The number of nitrogens with zero attached hydrogens (tertiary/aromatic N) is 1. The molecule has 0 saturated heterocycles. The van der Waals surface area contributed by atoms with Gasteiger partial charge in [0.1, 0.15) is 0 Å². The number of carbonyl (C=O) groups is 1. The van der Waals surface area contributed by atoms with Gasteiger partial charge in [0.2, 0.25) is 0 Å². The fourth-order valence-electron chi connectivity index (χ4n) is 2.22. The van der Waals surface area contributed by atoms with Crippen LogP contribution in [0.15, 0.2) is 71.7 Å². The van der Waals surface area contributed by atoms with E-state index in [2.05, 4.69) is 35.3 Å². The van der Waals surface area contributed by atoms with Gasteiger partial charge < -0.3 is 0 Å². The number of ketones is 1. The molecule has 0 saturated carbocycles. The second-order valence-electron chi connectivity index (χ2n) is 4.97. The van der Waals surface area contributed by atoms with Crippen LogP contribution in [0.4, 0.5) is 5.69 Å². The van der Waals surface area contributed by atoms with E-state index < -0.39 is 0 Å². The molecule has 0 unspecified atom stereocenters. The summed E-state index contributed by atoms with van der Waals surface area (Å²) >= 11 is 0. The maximum absolute atomic E-state index is 11.2. The first-order valence-corrected chi connectivity index (χ1v) is 6.86. The van der Waals surface area contributed by atoms with Crippen molar-refractivity contribution in [2.45, 2.75) is 6.92 Å². The van der Waals surface area contributed by atoms with Crippen LogP contribution in [0.3, 0.4) is 0 Å². The second kappa shape index (κ2) is 5.71. The van der Waals surface area contributed by atoms with Crippen LogP contribution in [-0.2, 0) is 0 Å². The van der Waals surface area contributed by atoms with Crippen molar-refractivity contribution in [1.82, 2.24) is 0 Å². The molecule has 0 aliphatic rings. The average molecular weight is 273 g/mol. The summed E-state index contributed by atoms with van der Waals surface area (Å²) in [6.45, 7) is 1.56. The molecule has 0 heterocycles. The van der Waals surface area contributed by atoms with Crippen molar-refractivity contribution in [3.05, 3.63) is 77.9 Å². The molecule has 0 aliphatic carbocycles. The number of hydrogen-bond acceptors (Lipinski definition) is 2. The summed E-state index contributed by atoms with van der Waals surface area (Å²) in [5.74, 6) is 0.0695. The average Bonchev–Trinajstić information content (AvgIpc) is 2.53. The summed E-state index contributed by atoms with van der Waals surface area (Å²) in [7, 11) is 0. The van der Waals surface area contributed by atoms with Crippen LogP contribution < -0.4 is 0 Å². The number of hydrogen-bond donors (Lipinski definition) is 0. The molecule has 0 bridgehead atoms. The number of benzene rings is 3. The Kier molecular flexibility index (Phi) is 3.61. The fourth-order valence-corrected chi connectivity index (χ4v) is 2.22. The lowest BCUT2D eigenvalue weighted by atomic mass is 10.1. The molecule has 3 aromatic rings. The van der Waals surface area contributed by atoms with Crippen molar-refractivity contribution < 1.29 is 4.79 Å². The van der Waals surface area contributed by atoms with Crippen LogP contribution in [0.1, 0.15) is 22.8 Å². The zero-order valence-corrected chi connectivity index (χ0v) is 11.8. The third-order valence-electron chi connectivity index (χ3n) is 3.41. The van der Waals surface area contributed by atoms with Gasteiger partial charge in [-0.2, -0.15) is 0 Å². The van der Waals surface area contributed by atoms with Gasteiger partial charge in [-0.15, -0.1) is 0 Å². The largest absolute Gasteiger partial charge is 0.295 e. The maximum Gasteiger partial charge on any atom is 0.159 e. The van der Waals surface area contributed by atoms with E-state index >= 15 is 0 Å². The molecule has 3 rings (SSSR count). The van der Waals surface area contributed by atoms with E-state index in [1.807, 2.05) is 30.5 Å². The maximum atomic E-state index is 11.2. The minimum Gasteiger partial charge on any atom is -0.295 e. The molecule has 102 valence electrons. The molecule has 0 N–H and O–H groups in total. The van der Waals surface area contributed by atoms with Crippen LogP contribution >= 0.6 is 0 Å². The van der Waals surface area contributed by atoms with Gasteiger partial charge in [0.25, 0.3) is 0 Å². The third kappa shape index (κ3) is 3.06. The molecule has 0 radical (unpaired) electrons. The zero-order chi connectivity index (χ0) is 14.7. The van der Waals surface area contributed by atoms with E-state index in [-0.39, 0.29) is 5.78 Å². The summed E-state index contributed by atoms with van der Waals surface area (Å²) in [4.78, 5) is 15.7. The van der Waals surface area contributed by atoms with E-state index in [4.69, 9.17) is 0 Å². The molecule has 2 heteroatoms. The molecule has 0 amide bonds. The van der Waals surface area contributed by atoms with Crippen LogP contribution in [-0.4, -0.2) is 12.0 Å². The lowest BCUT2D eigenvalue weighted by molar-refractivity contribution is 0.101. The quantitative estimate of drug-likeness (QED) is 0.498. The van der Waals surface area contributed by atoms with Crippen molar-refractivity contribution in [2.24, 2.45) is 4.99 Å². The first-order chi connectivity index (χ1) is 10.2.